The average molecular weight is 617 g/mol. The van der Waals surface area contributed by atoms with Gasteiger partial charge in [-0.25, -0.2) is 9.78 Å². The molecule has 0 aliphatic heterocycles. The fraction of sp³-hybridized carbons (Fsp3) is 0.433. The second-order valence-corrected chi connectivity index (χ2v) is 13.7. The third-order valence-corrected chi connectivity index (χ3v) is 11.1. The van der Waals surface area contributed by atoms with E-state index in [4.69, 9.17) is 14.2 Å². The van der Waals surface area contributed by atoms with E-state index in [1.807, 2.05) is 0 Å². The topological polar surface area (TPSA) is 94.7 Å². The van der Waals surface area contributed by atoms with E-state index in [1.54, 1.807) is 42.1 Å². The maximum atomic E-state index is 13.1. The number of ether oxygens (including phenoxy) is 2. The number of fused-ring (bicyclic) bond motifs is 3. The molecule has 2 heterocycles. The van der Waals surface area contributed by atoms with Gasteiger partial charge in [-0.1, -0.05) is 29.1 Å². The highest BCUT2D eigenvalue weighted by atomic mass is 32.2. The van der Waals surface area contributed by atoms with E-state index in [9.17, 15) is 23.1 Å². The number of thioether (sulfide) groups is 1. The Morgan fingerprint density at radius 1 is 1.10 bits per heavy atom. The van der Waals surface area contributed by atoms with Gasteiger partial charge in [-0.3, -0.25) is 0 Å². The first-order valence-electron chi connectivity index (χ1n) is 14.0. The van der Waals surface area contributed by atoms with Gasteiger partial charge in [0.15, 0.2) is 4.34 Å². The van der Waals surface area contributed by atoms with E-state index in [0.29, 0.717) is 34.1 Å². The van der Waals surface area contributed by atoms with Gasteiger partial charge in [-0.15, -0.1) is 24.5 Å². The van der Waals surface area contributed by atoms with Crippen LogP contribution in [0.25, 0.3) is 21.5 Å². The first kappa shape index (κ1) is 27.7. The van der Waals surface area contributed by atoms with Gasteiger partial charge in [0.2, 0.25) is 0 Å². The monoisotopic (exact) mass is 616 g/mol. The van der Waals surface area contributed by atoms with Crippen LogP contribution < -0.4 is 4.74 Å². The van der Waals surface area contributed by atoms with Crippen LogP contribution in [0.4, 0.5) is 13.2 Å². The molecule has 2 atom stereocenters. The van der Waals surface area contributed by atoms with Crippen LogP contribution in [-0.4, -0.2) is 38.9 Å². The fourth-order valence-electron chi connectivity index (χ4n) is 6.37. The van der Waals surface area contributed by atoms with Crippen molar-refractivity contribution in [2.75, 3.05) is 0 Å². The highest BCUT2D eigenvalue weighted by Crippen LogP contribution is 2.52. The van der Waals surface area contributed by atoms with Crippen molar-refractivity contribution in [3.8, 4) is 17.0 Å². The number of para-hydroxylation sites is 1. The van der Waals surface area contributed by atoms with E-state index < -0.39 is 12.3 Å². The van der Waals surface area contributed by atoms with Gasteiger partial charge in [-0.05, 0) is 80.7 Å². The Balaban J connectivity index is 1.05. The molecule has 2 aromatic carbocycles. The van der Waals surface area contributed by atoms with Gasteiger partial charge in [-0.2, -0.15) is 0 Å². The molecule has 4 aromatic rings. The number of benzene rings is 2. The van der Waals surface area contributed by atoms with Gasteiger partial charge in [0, 0.05) is 22.3 Å². The molecule has 0 saturated heterocycles. The summed E-state index contributed by atoms with van der Waals surface area (Å²) in [7, 11) is 0. The number of carbonyl (C=O) groups is 1. The number of alkyl halides is 3. The van der Waals surface area contributed by atoms with E-state index in [0.717, 1.165) is 53.1 Å². The molecule has 3 aliphatic rings. The zero-order valence-electron chi connectivity index (χ0n) is 22.3. The Kier molecular flexibility index (Phi) is 7.18. The predicted molar refractivity (Wildman–Crippen MR) is 151 cm³/mol. The van der Waals surface area contributed by atoms with Gasteiger partial charge < -0.3 is 19.1 Å². The lowest BCUT2D eigenvalue weighted by Crippen LogP contribution is -2.32. The Bertz CT molecular complexity index is 1620. The molecule has 3 aliphatic carbocycles. The van der Waals surface area contributed by atoms with E-state index in [1.165, 1.54) is 23.5 Å². The van der Waals surface area contributed by atoms with Crippen LogP contribution in [0.3, 0.4) is 0 Å². The maximum absolute atomic E-state index is 13.1. The molecule has 0 radical (unpaired) electrons. The highest BCUT2D eigenvalue weighted by molar-refractivity contribution is 8.01. The molecule has 3 fully saturated rings. The van der Waals surface area contributed by atoms with Crippen molar-refractivity contribution in [2.45, 2.75) is 73.1 Å². The molecule has 2 aromatic heterocycles. The summed E-state index contributed by atoms with van der Waals surface area (Å²) in [6, 6.07) is 11.0. The molecule has 2 unspecified atom stereocenters. The van der Waals surface area contributed by atoms with Crippen molar-refractivity contribution in [1.29, 1.82) is 0 Å². The first-order valence-corrected chi connectivity index (χ1v) is 15.7. The van der Waals surface area contributed by atoms with Crippen LogP contribution in [0.15, 0.2) is 51.3 Å². The SMILES string of the molecule is O=C(O)c1ccc2nc(SC3C4CCC3CC(OCc3c(-c5ccccc5OC(F)(F)F)noc3C3CC3)C4)sc2c1. The van der Waals surface area contributed by atoms with Crippen molar-refractivity contribution < 1.29 is 37.1 Å². The molecule has 1 N–H and O–H groups in total. The van der Waals surface area contributed by atoms with Crippen LogP contribution in [-0.2, 0) is 11.3 Å². The van der Waals surface area contributed by atoms with E-state index in [-0.39, 0.29) is 35.5 Å². The predicted octanol–water partition coefficient (Wildman–Crippen LogP) is 8.29. The normalized spacial score (nSPS) is 23.9. The Morgan fingerprint density at radius 3 is 2.57 bits per heavy atom. The Morgan fingerprint density at radius 2 is 1.86 bits per heavy atom. The number of thiazole rings is 1. The van der Waals surface area contributed by atoms with Crippen LogP contribution in [0.5, 0.6) is 5.75 Å². The summed E-state index contributed by atoms with van der Waals surface area (Å²) < 4.78 is 57.6. The number of rotatable bonds is 9. The minimum Gasteiger partial charge on any atom is -0.478 e. The summed E-state index contributed by atoms with van der Waals surface area (Å²) in [5, 5.41) is 13.9. The third kappa shape index (κ3) is 5.63. The maximum Gasteiger partial charge on any atom is 0.573 e. The summed E-state index contributed by atoms with van der Waals surface area (Å²) in [6.45, 7) is 0.219. The lowest BCUT2D eigenvalue weighted by atomic mass is 9.86. The zero-order valence-corrected chi connectivity index (χ0v) is 23.9. The number of carboxylic acids is 1. The molecular formula is C30H27F3N2O5S2. The average Bonchev–Trinajstić information content (AvgIpc) is 3.51. The summed E-state index contributed by atoms with van der Waals surface area (Å²) in [5.41, 5.74) is 2.35. The standard InChI is InChI=1S/C30H27F3N2O5S2/c31-30(32,33)39-23-4-2-1-3-20(23)25-21(26(40-35-25)15-5-6-15)14-38-19-11-16-7-8-17(12-19)27(16)42-29-34-22-10-9-18(28(36)37)13-24(22)41-29/h1-4,9-10,13,15-17,19,27H,5-8,11-12,14H2,(H,36,37). The van der Waals surface area contributed by atoms with Gasteiger partial charge in [0.25, 0.3) is 0 Å². The van der Waals surface area contributed by atoms with Gasteiger partial charge >= 0.3 is 12.3 Å². The number of halogens is 3. The van der Waals surface area contributed by atoms with Gasteiger partial charge in [0.05, 0.1) is 28.5 Å². The van der Waals surface area contributed by atoms with Crippen LogP contribution in [0.1, 0.15) is 66.1 Å². The van der Waals surface area contributed by atoms with E-state index >= 15 is 0 Å². The Hall–Kier alpha value is -3.09. The molecule has 7 rings (SSSR count). The number of hydrogen-bond acceptors (Lipinski definition) is 8. The summed E-state index contributed by atoms with van der Waals surface area (Å²) in [6.07, 6.45) is 1.15. The second-order valence-electron chi connectivity index (χ2n) is 11.2. The molecular weight excluding hydrogens is 589 g/mol. The Labute approximate surface area is 247 Å². The first-order chi connectivity index (χ1) is 20.2. The largest absolute Gasteiger partial charge is 0.573 e. The molecule has 0 spiro atoms. The van der Waals surface area contributed by atoms with Crippen LogP contribution in [0.2, 0.25) is 0 Å². The number of aromatic carboxylic acids is 1. The number of carboxylic acid groups (broad SMARTS) is 1. The molecule has 2 bridgehead atoms. The van der Waals surface area contributed by atoms with Crippen LogP contribution in [0, 0.1) is 11.8 Å². The number of aromatic nitrogens is 2. The van der Waals surface area contributed by atoms with E-state index in [2.05, 4.69) is 9.89 Å². The van der Waals surface area contributed by atoms with Crippen LogP contribution >= 0.6 is 23.1 Å². The quantitative estimate of drug-likeness (QED) is 0.201. The van der Waals surface area contributed by atoms with Crippen molar-refractivity contribution >= 4 is 39.3 Å². The molecule has 0 amide bonds. The molecule has 42 heavy (non-hydrogen) atoms. The number of nitrogens with zero attached hydrogens (tertiary/aromatic N) is 2. The third-order valence-electron chi connectivity index (χ3n) is 8.42. The summed E-state index contributed by atoms with van der Waals surface area (Å²) in [5.74, 6) is 0.575. The molecule has 220 valence electrons. The molecule has 7 nitrogen and oxygen atoms in total. The molecule has 3 saturated carbocycles. The summed E-state index contributed by atoms with van der Waals surface area (Å²) in [4.78, 5) is 16.1. The minimum absolute atomic E-state index is 0.0318. The van der Waals surface area contributed by atoms with Crippen molar-refractivity contribution in [3.05, 3.63) is 59.4 Å². The minimum atomic E-state index is -4.82. The summed E-state index contributed by atoms with van der Waals surface area (Å²) >= 11 is 3.33. The smallest absolute Gasteiger partial charge is 0.478 e. The number of hydrogen-bond donors (Lipinski definition) is 1. The fourth-order valence-corrected chi connectivity index (χ4v) is 9.16. The highest BCUT2D eigenvalue weighted by Gasteiger charge is 2.44. The van der Waals surface area contributed by atoms with Gasteiger partial charge in [0.1, 0.15) is 17.2 Å². The molecule has 12 heteroatoms. The zero-order chi connectivity index (χ0) is 29.0. The van der Waals surface area contributed by atoms with Crippen molar-refractivity contribution in [3.63, 3.8) is 0 Å². The van der Waals surface area contributed by atoms with Crippen molar-refractivity contribution in [2.24, 2.45) is 11.8 Å². The lowest BCUT2D eigenvalue weighted by Gasteiger charge is -2.34. The second kappa shape index (κ2) is 10.9. The van der Waals surface area contributed by atoms with Crippen molar-refractivity contribution in [1.82, 2.24) is 10.1 Å². The lowest BCUT2D eigenvalue weighted by molar-refractivity contribution is -0.274.